The number of halogens is 2. The van der Waals surface area contributed by atoms with Gasteiger partial charge in [0.25, 0.3) is 5.91 Å². The first-order chi connectivity index (χ1) is 15.8. The summed E-state index contributed by atoms with van der Waals surface area (Å²) in [5.74, 6) is -1.00. The number of esters is 1. The largest absolute Gasteiger partial charge is 0.465 e. The zero-order valence-electron chi connectivity index (χ0n) is 17.4. The summed E-state index contributed by atoms with van der Waals surface area (Å²) in [7, 11) is 1.26. The number of amides is 1. The predicted octanol–water partition coefficient (Wildman–Crippen LogP) is 6.49. The molecule has 1 N–H and O–H groups in total. The summed E-state index contributed by atoms with van der Waals surface area (Å²) in [5, 5.41) is 14.1. The van der Waals surface area contributed by atoms with Gasteiger partial charge in [-0.15, -0.1) is 11.3 Å². The van der Waals surface area contributed by atoms with E-state index in [1.807, 2.05) is 12.1 Å². The van der Waals surface area contributed by atoms with Crippen molar-refractivity contribution in [2.45, 2.75) is 6.92 Å². The molecular formula is C24H15Cl2N3O3S. The van der Waals surface area contributed by atoms with Crippen LogP contribution in [0.3, 0.4) is 0 Å². The summed E-state index contributed by atoms with van der Waals surface area (Å²) in [6, 6.07) is 16.1. The Labute approximate surface area is 203 Å². The van der Waals surface area contributed by atoms with Gasteiger partial charge in [-0.05, 0) is 36.8 Å². The molecule has 0 unspecified atom stereocenters. The smallest absolute Gasteiger partial charge is 0.348 e. The van der Waals surface area contributed by atoms with Gasteiger partial charge in [0.05, 0.1) is 39.5 Å². The number of hydrogen-bond acceptors (Lipinski definition) is 6. The molecule has 0 saturated carbocycles. The molecule has 2 heterocycles. The Kier molecular flexibility index (Phi) is 6.34. The van der Waals surface area contributed by atoms with Crippen molar-refractivity contribution < 1.29 is 14.3 Å². The Morgan fingerprint density at radius 1 is 1.12 bits per heavy atom. The van der Waals surface area contributed by atoms with Crippen molar-refractivity contribution in [1.29, 1.82) is 5.26 Å². The van der Waals surface area contributed by atoms with Crippen LogP contribution in [-0.4, -0.2) is 24.0 Å². The van der Waals surface area contributed by atoms with Crippen LogP contribution < -0.4 is 5.32 Å². The van der Waals surface area contributed by atoms with Gasteiger partial charge in [-0.25, -0.2) is 9.78 Å². The molecule has 2 aromatic carbocycles. The molecule has 0 aliphatic rings. The SMILES string of the molecule is COC(=O)c1sc(NC(=O)c2cc(-c3ccc(Cl)c(Cl)c3)nc3ccccc23)c(C#N)c1C. The van der Waals surface area contributed by atoms with E-state index in [-0.39, 0.29) is 15.4 Å². The summed E-state index contributed by atoms with van der Waals surface area (Å²) < 4.78 is 4.78. The Morgan fingerprint density at radius 2 is 1.88 bits per heavy atom. The second-order valence-electron chi connectivity index (χ2n) is 7.02. The summed E-state index contributed by atoms with van der Waals surface area (Å²) >= 11 is 13.2. The number of para-hydroxylation sites is 1. The van der Waals surface area contributed by atoms with E-state index in [9.17, 15) is 14.9 Å². The van der Waals surface area contributed by atoms with E-state index in [0.29, 0.717) is 43.3 Å². The molecule has 2 aromatic heterocycles. The minimum Gasteiger partial charge on any atom is -0.465 e. The minimum absolute atomic E-state index is 0.219. The van der Waals surface area contributed by atoms with Crippen LogP contribution in [0.25, 0.3) is 22.2 Å². The zero-order chi connectivity index (χ0) is 23.7. The molecule has 0 aliphatic heterocycles. The Hall–Kier alpha value is -3.44. The predicted molar refractivity (Wildman–Crippen MR) is 130 cm³/mol. The highest BCUT2D eigenvalue weighted by molar-refractivity contribution is 7.18. The van der Waals surface area contributed by atoms with Gasteiger partial charge in [-0.3, -0.25) is 4.79 Å². The molecule has 0 atom stereocenters. The second-order valence-corrected chi connectivity index (χ2v) is 8.85. The number of hydrogen-bond donors (Lipinski definition) is 1. The Bertz CT molecular complexity index is 1470. The van der Waals surface area contributed by atoms with E-state index in [2.05, 4.69) is 16.4 Å². The van der Waals surface area contributed by atoms with E-state index >= 15 is 0 Å². The molecule has 9 heteroatoms. The third-order valence-corrected chi connectivity index (χ3v) is 6.96. The van der Waals surface area contributed by atoms with Crippen molar-refractivity contribution in [2.24, 2.45) is 0 Å². The fourth-order valence-corrected chi connectivity index (χ4v) is 4.73. The lowest BCUT2D eigenvalue weighted by atomic mass is 10.0. The highest BCUT2D eigenvalue weighted by Crippen LogP contribution is 2.34. The van der Waals surface area contributed by atoms with Gasteiger partial charge in [-0.2, -0.15) is 5.26 Å². The van der Waals surface area contributed by atoms with Crippen molar-refractivity contribution in [3.63, 3.8) is 0 Å². The standard InChI is InChI=1S/C24H15Cl2N3O3S/c1-12-16(11-27)23(33-21(12)24(31)32-2)29-22(30)15-10-20(13-7-8-17(25)18(26)9-13)28-19-6-4-3-5-14(15)19/h3-10H,1-2H3,(H,29,30). The molecule has 164 valence electrons. The van der Waals surface area contributed by atoms with Crippen LogP contribution in [0.2, 0.25) is 10.0 Å². The molecule has 0 radical (unpaired) electrons. The van der Waals surface area contributed by atoms with Crippen LogP contribution in [0.4, 0.5) is 5.00 Å². The monoisotopic (exact) mass is 495 g/mol. The highest BCUT2D eigenvalue weighted by atomic mass is 35.5. The minimum atomic E-state index is -0.564. The van der Waals surface area contributed by atoms with Crippen LogP contribution in [0, 0.1) is 18.3 Å². The number of nitriles is 1. The molecule has 0 aliphatic carbocycles. The normalized spacial score (nSPS) is 10.6. The first kappa shape index (κ1) is 22.7. The maximum Gasteiger partial charge on any atom is 0.348 e. The molecule has 6 nitrogen and oxygen atoms in total. The van der Waals surface area contributed by atoms with Crippen LogP contribution in [0.15, 0.2) is 48.5 Å². The molecule has 0 bridgehead atoms. The van der Waals surface area contributed by atoms with Crippen LogP contribution in [0.5, 0.6) is 0 Å². The fourth-order valence-electron chi connectivity index (χ4n) is 3.36. The Morgan fingerprint density at radius 3 is 2.58 bits per heavy atom. The Balaban J connectivity index is 1.81. The zero-order valence-corrected chi connectivity index (χ0v) is 19.7. The first-order valence-electron chi connectivity index (χ1n) is 9.62. The summed E-state index contributed by atoms with van der Waals surface area (Å²) in [6.45, 7) is 1.64. The number of anilines is 1. The number of nitrogens with one attached hydrogen (secondary N) is 1. The number of carbonyl (C=O) groups is 2. The van der Waals surface area contributed by atoms with Crippen molar-refractivity contribution in [3.05, 3.63) is 80.1 Å². The molecule has 4 rings (SSSR count). The van der Waals surface area contributed by atoms with Crippen LogP contribution in [0.1, 0.15) is 31.2 Å². The molecule has 0 fully saturated rings. The van der Waals surface area contributed by atoms with E-state index in [1.54, 1.807) is 43.3 Å². The van der Waals surface area contributed by atoms with Crippen molar-refractivity contribution in [1.82, 2.24) is 4.98 Å². The fraction of sp³-hybridized carbons (Fsp3) is 0.0833. The van der Waals surface area contributed by atoms with Gasteiger partial charge in [0.15, 0.2) is 0 Å². The van der Waals surface area contributed by atoms with E-state index in [1.165, 1.54) is 7.11 Å². The van der Waals surface area contributed by atoms with Crippen LogP contribution >= 0.6 is 34.5 Å². The summed E-state index contributed by atoms with van der Waals surface area (Å²) in [5.41, 5.74) is 2.88. The van der Waals surface area contributed by atoms with Gasteiger partial charge in [0.2, 0.25) is 0 Å². The second kappa shape index (κ2) is 9.20. The number of fused-ring (bicyclic) bond motifs is 1. The highest BCUT2D eigenvalue weighted by Gasteiger charge is 2.23. The third-order valence-electron chi connectivity index (χ3n) is 5.03. The number of ether oxygens (including phenoxy) is 1. The van der Waals surface area contributed by atoms with Gasteiger partial charge < -0.3 is 10.1 Å². The van der Waals surface area contributed by atoms with Gasteiger partial charge in [0, 0.05) is 10.9 Å². The number of pyridine rings is 1. The molecule has 33 heavy (non-hydrogen) atoms. The van der Waals surface area contributed by atoms with Crippen LogP contribution in [-0.2, 0) is 4.74 Å². The number of aromatic nitrogens is 1. The third kappa shape index (κ3) is 4.29. The van der Waals surface area contributed by atoms with E-state index in [0.717, 1.165) is 11.3 Å². The molecular weight excluding hydrogens is 481 g/mol. The van der Waals surface area contributed by atoms with Gasteiger partial charge >= 0.3 is 5.97 Å². The summed E-state index contributed by atoms with van der Waals surface area (Å²) in [4.78, 5) is 30.3. The van der Waals surface area contributed by atoms with Crippen molar-refractivity contribution in [2.75, 3.05) is 12.4 Å². The van der Waals surface area contributed by atoms with Crippen molar-refractivity contribution >= 4 is 62.3 Å². The number of carbonyl (C=O) groups excluding carboxylic acids is 2. The average Bonchev–Trinajstić information content (AvgIpc) is 3.14. The molecule has 0 saturated heterocycles. The first-order valence-corrected chi connectivity index (χ1v) is 11.2. The lowest BCUT2D eigenvalue weighted by molar-refractivity contribution is 0.0605. The number of methoxy groups -OCH3 is 1. The number of benzene rings is 2. The number of rotatable bonds is 4. The van der Waals surface area contributed by atoms with Gasteiger partial charge in [0.1, 0.15) is 15.9 Å². The maximum atomic E-state index is 13.4. The maximum absolute atomic E-state index is 13.4. The number of nitrogens with zero attached hydrogens (tertiary/aromatic N) is 2. The van der Waals surface area contributed by atoms with E-state index < -0.39 is 11.9 Å². The van der Waals surface area contributed by atoms with Crippen molar-refractivity contribution in [3.8, 4) is 17.3 Å². The molecule has 0 spiro atoms. The quantitative estimate of drug-likeness (QED) is 0.326. The van der Waals surface area contributed by atoms with E-state index in [4.69, 9.17) is 27.9 Å². The molecule has 1 amide bonds. The van der Waals surface area contributed by atoms with Gasteiger partial charge in [-0.1, -0.05) is 47.5 Å². The average molecular weight is 496 g/mol. The summed E-state index contributed by atoms with van der Waals surface area (Å²) in [6.07, 6.45) is 0. The number of thiophene rings is 1. The lowest BCUT2D eigenvalue weighted by Gasteiger charge is -2.11. The molecule has 4 aromatic rings. The lowest BCUT2D eigenvalue weighted by Crippen LogP contribution is -2.13. The topological polar surface area (TPSA) is 92.1 Å².